The van der Waals surface area contributed by atoms with Gasteiger partial charge in [0.2, 0.25) is 0 Å². The smallest absolute Gasteiger partial charge is 0.137 e. The molecule has 0 saturated heterocycles. The molecule has 14 heavy (non-hydrogen) atoms. The Morgan fingerprint density at radius 3 is 2.43 bits per heavy atom. The summed E-state index contributed by atoms with van der Waals surface area (Å²) in [6.07, 6.45) is 2.05. The average molecular weight is 235 g/mol. The van der Waals surface area contributed by atoms with Gasteiger partial charge in [0.05, 0.1) is 6.10 Å². The van der Waals surface area contributed by atoms with Crippen molar-refractivity contribution in [2.45, 2.75) is 26.4 Å². The van der Waals surface area contributed by atoms with E-state index in [0.717, 1.165) is 5.56 Å². The minimum atomic E-state index is 0.0704. The Morgan fingerprint density at radius 2 is 1.93 bits per heavy atom. The Balaban J connectivity index is 2.75. The van der Waals surface area contributed by atoms with Crippen LogP contribution in [0.1, 0.15) is 19.4 Å². The van der Waals surface area contributed by atoms with Crippen molar-refractivity contribution in [2.75, 3.05) is 6.61 Å². The van der Waals surface area contributed by atoms with Crippen molar-refractivity contribution in [3.63, 3.8) is 0 Å². The van der Waals surface area contributed by atoms with Gasteiger partial charge in [0.1, 0.15) is 16.6 Å². The molecule has 0 aliphatic heterocycles. The number of aromatic nitrogens is 2. The quantitative estimate of drug-likeness (QED) is 0.752. The molecule has 0 bridgehead atoms. The fourth-order valence-corrected chi connectivity index (χ4v) is 1.64. The topological polar surface area (TPSA) is 35.0 Å². The third-order valence-electron chi connectivity index (χ3n) is 1.78. The van der Waals surface area contributed by atoms with Crippen LogP contribution in [-0.2, 0) is 11.2 Å². The number of ether oxygens (including phenoxy) is 1. The third-order valence-corrected chi connectivity index (χ3v) is 2.43. The predicted molar refractivity (Wildman–Crippen MR) is 56.8 cm³/mol. The zero-order valence-electron chi connectivity index (χ0n) is 8.13. The lowest BCUT2D eigenvalue weighted by atomic mass is 10.2. The fourth-order valence-electron chi connectivity index (χ4n) is 1.17. The molecule has 1 heterocycles. The van der Waals surface area contributed by atoms with E-state index in [9.17, 15) is 0 Å². The molecule has 0 aliphatic rings. The van der Waals surface area contributed by atoms with E-state index in [1.807, 2.05) is 13.8 Å². The Hall–Kier alpha value is -0.380. The SMILES string of the molecule is CCOC(C)Cc1c(Cl)ncnc1Cl. The number of halogens is 2. The van der Waals surface area contributed by atoms with Gasteiger partial charge in [0.15, 0.2) is 0 Å². The molecule has 78 valence electrons. The van der Waals surface area contributed by atoms with Gasteiger partial charge in [-0.25, -0.2) is 9.97 Å². The molecule has 3 nitrogen and oxygen atoms in total. The summed E-state index contributed by atoms with van der Waals surface area (Å²) in [6, 6.07) is 0. The van der Waals surface area contributed by atoms with E-state index >= 15 is 0 Å². The highest BCUT2D eigenvalue weighted by molar-refractivity contribution is 6.34. The van der Waals surface area contributed by atoms with E-state index in [0.29, 0.717) is 23.3 Å². The van der Waals surface area contributed by atoms with Crippen molar-refractivity contribution in [3.05, 3.63) is 22.2 Å². The lowest BCUT2D eigenvalue weighted by molar-refractivity contribution is 0.0767. The normalized spacial score (nSPS) is 12.9. The van der Waals surface area contributed by atoms with E-state index in [-0.39, 0.29) is 6.10 Å². The van der Waals surface area contributed by atoms with E-state index in [1.54, 1.807) is 0 Å². The number of nitrogens with zero attached hydrogens (tertiary/aromatic N) is 2. The molecule has 1 aromatic heterocycles. The summed E-state index contributed by atoms with van der Waals surface area (Å²) in [4.78, 5) is 7.73. The van der Waals surface area contributed by atoms with Gasteiger partial charge in [-0.2, -0.15) is 0 Å². The average Bonchev–Trinajstić information content (AvgIpc) is 2.12. The highest BCUT2D eigenvalue weighted by Crippen LogP contribution is 2.21. The monoisotopic (exact) mass is 234 g/mol. The van der Waals surface area contributed by atoms with E-state index in [2.05, 4.69) is 9.97 Å². The van der Waals surface area contributed by atoms with Crippen LogP contribution in [0.5, 0.6) is 0 Å². The molecule has 1 unspecified atom stereocenters. The molecular formula is C9H12Cl2N2O. The Kier molecular flexibility index (Phi) is 4.58. The molecule has 0 aromatic carbocycles. The maximum Gasteiger partial charge on any atom is 0.137 e. The van der Waals surface area contributed by atoms with Crippen molar-refractivity contribution in [1.82, 2.24) is 9.97 Å². The van der Waals surface area contributed by atoms with E-state index in [4.69, 9.17) is 27.9 Å². The molecule has 5 heteroatoms. The van der Waals surface area contributed by atoms with Crippen molar-refractivity contribution in [3.8, 4) is 0 Å². The highest BCUT2D eigenvalue weighted by Gasteiger charge is 2.11. The van der Waals surface area contributed by atoms with Crippen molar-refractivity contribution in [1.29, 1.82) is 0 Å². The summed E-state index contributed by atoms with van der Waals surface area (Å²) in [5.41, 5.74) is 0.747. The first-order valence-electron chi connectivity index (χ1n) is 4.41. The van der Waals surface area contributed by atoms with Crippen LogP contribution in [0.3, 0.4) is 0 Å². The highest BCUT2D eigenvalue weighted by atomic mass is 35.5. The number of hydrogen-bond acceptors (Lipinski definition) is 3. The second-order valence-corrected chi connectivity index (χ2v) is 3.62. The minimum absolute atomic E-state index is 0.0704. The Labute approximate surface area is 93.4 Å². The first kappa shape index (κ1) is 11.7. The van der Waals surface area contributed by atoms with Crippen LogP contribution >= 0.6 is 23.2 Å². The molecule has 0 fully saturated rings. The summed E-state index contributed by atoms with van der Waals surface area (Å²) < 4.78 is 5.38. The van der Waals surface area contributed by atoms with Gasteiger partial charge in [-0.15, -0.1) is 0 Å². The van der Waals surface area contributed by atoms with Crippen LogP contribution in [0.4, 0.5) is 0 Å². The van der Waals surface area contributed by atoms with Crippen LogP contribution in [0.15, 0.2) is 6.33 Å². The zero-order valence-corrected chi connectivity index (χ0v) is 9.64. The molecule has 1 aromatic rings. The van der Waals surface area contributed by atoms with E-state index in [1.165, 1.54) is 6.33 Å². The van der Waals surface area contributed by atoms with Gasteiger partial charge < -0.3 is 4.74 Å². The molecule has 0 N–H and O–H groups in total. The van der Waals surface area contributed by atoms with Gasteiger partial charge in [-0.05, 0) is 13.8 Å². The molecule has 1 rings (SSSR count). The van der Waals surface area contributed by atoms with Crippen LogP contribution in [0.25, 0.3) is 0 Å². The van der Waals surface area contributed by atoms with E-state index < -0.39 is 0 Å². The molecule has 0 saturated carbocycles. The maximum absolute atomic E-state index is 5.88. The minimum Gasteiger partial charge on any atom is -0.378 e. The van der Waals surface area contributed by atoms with Gasteiger partial charge >= 0.3 is 0 Å². The third kappa shape index (κ3) is 3.08. The predicted octanol–water partition coefficient (Wildman–Crippen LogP) is 2.75. The van der Waals surface area contributed by atoms with Crippen LogP contribution < -0.4 is 0 Å². The van der Waals surface area contributed by atoms with Crippen LogP contribution in [0.2, 0.25) is 10.3 Å². The second kappa shape index (κ2) is 5.49. The lowest BCUT2D eigenvalue weighted by Gasteiger charge is -2.12. The van der Waals surface area contributed by atoms with Crippen molar-refractivity contribution in [2.24, 2.45) is 0 Å². The second-order valence-electron chi connectivity index (χ2n) is 2.90. The molecule has 1 atom stereocenters. The molecular weight excluding hydrogens is 223 g/mol. The molecule has 0 aliphatic carbocycles. The largest absolute Gasteiger partial charge is 0.378 e. The maximum atomic E-state index is 5.88. The fraction of sp³-hybridized carbons (Fsp3) is 0.556. The number of hydrogen-bond donors (Lipinski definition) is 0. The Morgan fingerprint density at radius 1 is 1.36 bits per heavy atom. The summed E-state index contributed by atoms with van der Waals surface area (Å²) in [5, 5.41) is 0.799. The van der Waals surface area contributed by atoms with Gasteiger partial charge in [-0.3, -0.25) is 0 Å². The zero-order chi connectivity index (χ0) is 10.6. The molecule has 0 spiro atoms. The van der Waals surface area contributed by atoms with Crippen molar-refractivity contribution >= 4 is 23.2 Å². The van der Waals surface area contributed by atoms with Crippen LogP contribution in [0, 0.1) is 0 Å². The number of rotatable bonds is 4. The summed E-state index contributed by atoms with van der Waals surface area (Å²) in [5.74, 6) is 0. The summed E-state index contributed by atoms with van der Waals surface area (Å²) >= 11 is 11.8. The molecule has 0 radical (unpaired) electrons. The summed E-state index contributed by atoms with van der Waals surface area (Å²) in [6.45, 7) is 4.58. The first-order valence-corrected chi connectivity index (χ1v) is 5.17. The standard InChI is InChI=1S/C9H12Cl2N2O/c1-3-14-6(2)4-7-8(10)12-5-13-9(7)11/h5-6H,3-4H2,1-2H3. The lowest BCUT2D eigenvalue weighted by Crippen LogP contribution is -2.12. The van der Waals surface area contributed by atoms with Crippen LogP contribution in [-0.4, -0.2) is 22.7 Å². The first-order chi connectivity index (χ1) is 6.65. The molecule has 0 amide bonds. The van der Waals surface area contributed by atoms with Crippen molar-refractivity contribution < 1.29 is 4.74 Å². The summed E-state index contributed by atoms with van der Waals surface area (Å²) in [7, 11) is 0. The Bertz CT molecular complexity index is 287. The van der Waals surface area contributed by atoms with Gasteiger partial charge in [0.25, 0.3) is 0 Å². The van der Waals surface area contributed by atoms with Gasteiger partial charge in [-0.1, -0.05) is 23.2 Å². The van der Waals surface area contributed by atoms with Gasteiger partial charge in [0, 0.05) is 18.6 Å².